The van der Waals surface area contributed by atoms with Gasteiger partial charge in [0, 0.05) is 5.56 Å². The molecule has 55 heavy (non-hydrogen) atoms. The summed E-state index contributed by atoms with van der Waals surface area (Å²) < 4.78 is 78.8. The standard InChI is InChI=1S/C15H33P.C12H4F6.4C5H11.Al/c1-4-7-9-10-13-16-14-12-15(6-3)11-8-5-2;13-6-4-2-1-3-5(6)7-8(14)10(16)12(18)11(17)9(7)15;4*1-3-5-4-2;/h15-16H,4-14H2,1-3H3;1-4H;4*1,3-5H2,2H3;/q;;;;;;-1/p+1. The van der Waals surface area contributed by atoms with Gasteiger partial charge in [-0.05, 0) is 39.8 Å². The van der Waals surface area contributed by atoms with E-state index in [2.05, 4.69) is 48.5 Å². The van der Waals surface area contributed by atoms with Crippen LogP contribution in [0.25, 0.3) is 11.1 Å². The van der Waals surface area contributed by atoms with Crippen molar-refractivity contribution in [2.45, 2.75) is 204 Å². The number of hydrogen-bond donors (Lipinski definition) is 0. The minimum absolute atomic E-state index is 0.690. The Morgan fingerprint density at radius 3 is 1.29 bits per heavy atom. The quantitative estimate of drug-likeness (QED) is 0.0192. The second-order valence-electron chi connectivity index (χ2n) is 16.3. The molecule has 2 rings (SSSR count). The van der Waals surface area contributed by atoms with E-state index in [1.165, 1.54) is 121 Å². The van der Waals surface area contributed by atoms with Gasteiger partial charge in [-0.3, -0.25) is 0 Å². The maximum atomic E-state index is 13.4. The Labute approximate surface area is 339 Å². The molecule has 0 fully saturated rings. The molecule has 0 amide bonds. The van der Waals surface area contributed by atoms with Gasteiger partial charge in [-0.1, -0.05) is 182 Å². The molecule has 0 nitrogen and oxygen atoms in total. The van der Waals surface area contributed by atoms with Crippen molar-refractivity contribution in [3.05, 3.63) is 59.2 Å². The fourth-order valence-corrected chi connectivity index (χ4v) is 15.9. The van der Waals surface area contributed by atoms with Crippen LogP contribution in [0.5, 0.6) is 0 Å². The van der Waals surface area contributed by atoms with Gasteiger partial charge in [0.15, 0.2) is 23.3 Å². The van der Waals surface area contributed by atoms with Crippen molar-refractivity contribution >= 4 is 21.7 Å². The third kappa shape index (κ3) is 23.2. The molecule has 0 saturated heterocycles. The Morgan fingerprint density at radius 1 is 0.455 bits per heavy atom. The van der Waals surface area contributed by atoms with E-state index in [0.717, 1.165) is 26.6 Å². The van der Waals surface area contributed by atoms with Crippen LogP contribution >= 0.6 is 8.58 Å². The van der Waals surface area contributed by atoms with E-state index >= 15 is 0 Å². The molecule has 0 saturated carbocycles. The first-order valence-electron chi connectivity index (χ1n) is 22.8. The van der Waals surface area contributed by atoms with Gasteiger partial charge in [-0.2, -0.15) is 21.1 Å². The summed E-state index contributed by atoms with van der Waals surface area (Å²) in [5, 5.41) is 6.71. The van der Waals surface area contributed by atoms with Crippen molar-refractivity contribution in [1.82, 2.24) is 0 Å². The molecule has 0 aliphatic carbocycles. The number of unbranched alkanes of at least 4 members (excludes halogenated alkanes) is 12. The van der Waals surface area contributed by atoms with Gasteiger partial charge in [-0.25, -0.2) is 26.3 Å². The summed E-state index contributed by atoms with van der Waals surface area (Å²) in [5.74, 6) is -10.6. The number of rotatable bonds is 29. The second kappa shape index (κ2) is 35.0. The van der Waals surface area contributed by atoms with Crippen molar-refractivity contribution in [2.24, 2.45) is 5.92 Å². The van der Waals surface area contributed by atoms with E-state index in [1.807, 2.05) is 0 Å². The maximum absolute atomic E-state index is 13.4. The molecule has 0 bridgehead atoms. The van der Waals surface area contributed by atoms with Gasteiger partial charge in [0.1, 0.15) is 18.9 Å². The molecule has 0 aliphatic rings. The molecule has 0 radical (unpaired) electrons. The summed E-state index contributed by atoms with van der Waals surface area (Å²) in [4.78, 5) is 0. The largest absolute Gasteiger partial charge is 0.206 e. The predicted octanol–water partition coefficient (Wildman–Crippen LogP) is 18.0. The first-order valence-corrected chi connectivity index (χ1v) is 27.7. The van der Waals surface area contributed by atoms with Crippen LogP contribution < -0.4 is 0 Å². The monoisotopic (exact) mass is 819 g/mol. The van der Waals surface area contributed by atoms with E-state index in [4.69, 9.17) is 0 Å². The topological polar surface area (TPSA) is 0 Å². The van der Waals surface area contributed by atoms with E-state index in [1.54, 1.807) is 59.1 Å². The molecule has 2 unspecified atom stereocenters. The van der Waals surface area contributed by atoms with Crippen molar-refractivity contribution < 1.29 is 26.3 Å². The van der Waals surface area contributed by atoms with Crippen molar-refractivity contribution in [2.75, 3.05) is 12.3 Å². The number of benzene rings is 2. The van der Waals surface area contributed by atoms with Gasteiger partial charge in [0.25, 0.3) is 0 Å². The Morgan fingerprint density at radius 2 is 0.873 bits per heavy atom. The summed E-state index contributed by atoms with van der Waals surface area (Å²) >= 11 is -1.27. The molecular weight excluding hydrogens is 736 g/mol. The molecular formula is C47H82AlF6P. The SMILES string of the molecule is CCCCCC[PH2+]CCC(CC)CCCC.CCCC[CH2][Al-]([CH2]CCCC)([CH2]CCCC)[CH2]CCCC.Fc1ccccc1-c1c(F)c(F)c(F)c(F)c1F. The Kier molecular flexibility index (Phi) is 34.3. The first kappa shape index (κ1) is 54.0. The average Bonchev–Trinajstić information content (AvgIpc) is 3.19. The molecule has 2 aromatic rings. The van der Waals surface area contributed by atoms with Crippen molar-refractivity contribution in [3.8, 4) is 11.1 Å². The van der Waals surface area contributed by atoms with E-state index in [9.17, 15) is 26.3 Å². The van der Waals surface area contributed by atoms with Crippen LogP contribution in [0, 0.1) is 40.8 Å². The summed E-state index contributed by atoms with van der Waals surface area (Å²) in [6.45, 7) is 16.4. The fourth-order valence-electron chi connectivity index (χ4n) is 7.94. The van der Waals surface area contributed by atoms with Crippen LogP contribution in [0.4, 0.5) is 26.3 Å². The minimum atomic E-state index is -2.27. The highest BCUT2D eigenvalue weighted by molar-refractivity contribution is 7.37. The van der Waals surface area contributed by atoms with Crippen LogP contribution in [-0.2, 0) is 0 Å². The highest BCUT2D eigenvalue weighted by atomic mass is 31.1. The molecule has 2 atom stereocenters. The average molecular weight is 819 g/mol. The molecule has 0 aliphatic heterocycles. The zero-order valence-corrected chi connectivity index (χ0v) is 38.7. The van der Waals surface area contributed by atoms with Crippen LogP contribution in [0.1, 0.15) is 183 Å². The lowest BCUT2D eigenvalue weighted by Crippen LogP contribution is -2.33. The van der Waals surface area contributed by atoms with Gasteiger partial charge < -0.3 is 0 Å². The Balaban J connectivity index is 0.000000803. The van der Waals surface area contributed by atoms with Crippen LogP contribution in [0.15, 0.2) is 24.3 Å². The summed E-state index contributed by atoms with van der Waals surface area (Å²) in [7, 11) is 0.776. The summed E-state index contributed by atoms with van der Waals surface area (Å²) in [6, 6.07) is 4.22. The molecule has 0 N–H and O–H groups in total. The summed E-state index contributed by atoms with van der Waals surface area (Å²) in [6.07, 6.45) is 33.9. The molecule has 0 heterocycles. The van der Waals surface area contributed by atoms with Gasteiger partial charge in [0.2, 0.25) is 5.82 Å². The lowest BCUT2D eigenvalue weighted by molar-refractivity contribution is 0.381. The molecule has 320 valence electrons. The molecule has 8 heteroatoms. The fraction of sp³-hybridized carbons (Fsp3) is 0.745. The number of hydrogen-bond acceptors (Lipinski definition) is 0. The molecule has 0 aromatic heterocycles. The summed E-state index contributed by atoms with van der Waals surface area (Å²) in [5.41, 5.74) is -1.96. The van der Waals surface area contributed by atoms with Crippen molar-refractivity contribution in [1.29, 1.82) is 0 Å². The lowest BCUT2D eigenvalue weighted by atomic mass is 9.97. The molecule has 0 spiro atoms. The normalized spacial score (nSPS) is 12.1. The number of halogens is 6. The Hall–Kier alpha value is -1.02. The maximum Gasteiger partial charge on any atom is 0.200 e. The minimum Gasteiger partial charge on any atom is -0.206 e. The third-order valence-electron chi connectivity index (χ3n) is 11.6. The highest BCUT2D eigenvalue weighted by Gasteiger charge is 2.28. The van der Waals surface area contributed by atoms with Crippen LogP contribution in [0.3, 0.4) is 0 Å². The van der Waals surface area contributed by atoms with Crippen LogP contribution in [0.2, 0.25) is 21.1 Å². The lowest BCUT2D eigenvalue weighted by Gasteiger charge is -2.37. The Bertz CT molecular complexity index is 1130. The van der Waals surface area contributed by atoms with Crippen molar-refractivity contribution in [3.63, 3.8) is 0 Å². The van der Waals surface area contributed by atoms with E-state index in [-0.39, 0.29) is 0 Å². The van der Waals surface area contributed by atoms with Gasteiger partial charge >= 0.3 is 0 Å². The van der Waals surface area contributed by atoms with E-state index < -0.39 is 59.1 Å². The molecule has 2 aromatic carbocycles. The second-order valence-corrected chi connectivity index (χ2v) is 23.8. The highest BCUT2D eigenvalue weighted by Crippen LogP contribution is 2.35. The predicted molar refractivity (Wildman–Crippen MR) is 236 cm³/mol. The third-order valence-corrected chi connectivity index (χ3v) is 19.7. The smallest absolute Gasteiger partial charge is 0.200 e. The van der Waals surface area contributed by atoms with E-state index in [0.29, 0.717) is 0 Å². The van der Waals surface area contributed by atoms with Crippen LogP contribution in [-0.4, -0.2) is 25.4 Å². The zero-order chi connectivity index (χ0) is 41.3. The van der Waals surface area contributed by atoms with Gasteiger partial charge in [0.05, 0.1) is 17.9 Å². The first-order chi connectivity index (χ1) is 26.5. The zero-order valence-electron chi connectivity index (χ0n) is 36.4. The van der Waals surface area contributed by atoms with Gasteiger partial charge in [-0.15, -0.1) is 0 Å².